The SMILES string of the molecule is CC[C@H](C)[C@H](NC(=O)[C@H](Cc1cnc[nH]1)NC(=O)COc1cc(=O)oc2ccccc12)C(=O)OC. The van der Waals surface area contributed by atoms with Gasteiger partial charge in [0.05, 0.1) is 24.9 Å². The average Bonchev–Trinajstić information content (AvgIpc) is 3.37. The Balaban J connectivity index is 1.73. The highest BCUT2D eigenvalue weighted by molar-refractivity contribution is 5.91. The molecule has 0 saturated heterocycles. The highest BCUT2D eigenvalue weighted by atomic mass is 16.5. The zero-order chi connectivity index (χ0) is 25.4. The highest BCUT2D eigenvalue weighted by Gasteiger charge is 2.31. The predicted molar refractivity (Wildman–Crippen MR) is 126 cm³/mol. The van der Waals surface area contributed by atoms with Crippen molar-refractivity contribution >= 4 is 28.8 Å². The van der Waals surface area contributed by atoms with Gasteiger partial charge in [-0.05, 0) is 18.1 Å². The number of methoxy groups -OCH3 is 1. The maximum Gasteiger partial charge on any atom is 0.339 e. The molecule has 0 aliphatic rings. The summed E-state index contributed by atoms with van der Waals surface area (Å²) in [5, 5.41) is 5.84. The normalized spacial score (nSPS) is 13.5. The lowest BCUT2D eigenvalue weighted by molar-refractivity contribution is -0.147. The lowest BCUT2D eigenvalue weighted by atomic mass is 9.98. The molecule has 0 radical (unpaired) electrons. The molecule has 3 N–H and O–H groups in total. The van der Waals surface area contributed by atoms with Crippen molar-refractivity contribution in [3.05, 3.63) is 59.0 Å². The van der Waals surface area contributed by atoms with E-state index in [1.807, 2.05) is 13.8 Å². The van der Waals surface area contributed by atoms with Gasteiger partial charge in [-0.25, -0.2) is 14.6 Å². The van der Waals surface area contributed by atoms with Crippen LogP contribution in [0.1, 0.15) is 26.0 Å². The number of aromatic amines is 1. The van der Waals surface area contributed by atoms with E-state index in [9.17, 15) is 19.2 Å². The van der Waals surface area contributed by atoms with Crippen LogP contribution in [0.15, 0.2) is 52.1 Å². The van der Waals surface area contributed by atoms with Crippen LogP contribution in [0.2, 0.25) is 0 Å². The lowest BCUT2D eigenvalue weighted by Crippen LogP contribution is -2.55. The molecule has 2 heterocycles. The van der Waals surface area contributed by atoms with E-state index >= 15 is 0 Å². The molecule has 2 aromatic heterocycles. The number of benzene rings is 1. The molecule has 1 aromatic carbocycles. The van der Waals surface area contributed by atoms with Gasteiger partial charge in [0.2, 0.25) is 5.91 Å². The summed E-state index contributed by atoms with van der Waals surface area (Å²) >= 11 is 0. The van der Waals surface area contributed by atoms with Crippen LogP contribution in [0.5, 0.6) is 5.75 Å². The van der Waals surface area contributed by atoms with Crippen molar-refractivity contribution < 1.29 is 28.3 Å². The molecule has 186 valence electrons. The van der Waals surface area contributed by atoms with Gasteiger partial charge >= 0.3 is 11.6 Å². The summed E-state index contributed by atoms with van der Waals surface area (Å²) in [6.07, 6.45) is 3.72. The minimum Gasteiger partial charge on any atom is -0.483 e. The number of nitrogens with one attached hydrogen (secondary N) is 3. The maximum atomic E-state index is 13.1. The first kappa shape index (κ1) is 25.5. The molecular weight excluding hydrogens is 456 g/mol. The van der Waals surface area contributed by atoms with Crippen molar-refractivity contribution in [2.24, 2.45) is 5.92 Å². The monoisotopic (exact) mass is 484 g/mol. The first-order valence-electron chi connectivity index (χ1n) is 11.1. The Bertz CT molecular complexity index is 1220. The van der Waals surface area contributed by atoms with E-state index in [2.05, 4.69) is 20.6 Å². The minimum absolute atomic E-state index is 0.101. The average molecular weight is 485 g/mol. The topological polar surface area (TPSA) is 153 Å². The van der Waals surface area contributed by atoms with Gasteiger partial charge in [-0.3, -0.25) is 9.59 Å². The molecule has 0 bridgehead atoms. The van der Waals surface area contributed by atoms with Crippen LogP contribution in [0.3, 0.4) is 0 Å². The van der Waals surface area contributed by atoms with Crippen LogP contribution < -0.4 is 21.0 Å². The van der Waals surface area contributed by atoms with Gasteiger partial charge in [0.1, 0.15) is 23.4 Å². The number of carbonyl (C=O) groups excluding carboxylic acids is 3. The summed E-state index contributed by atoms with van der Waals surface area (Å²) in [6, 6.07) is 6.02. The zero-order valence-corrected chi connectivity index (χ0v) is 19.7. The predicted octanol–water partition coefficient (Wildman–Crippen LogP) is 1.33. The van der Waals surface area contributed by atoms with E-state index in [-0.39, 0.29) is 18.1 Å². The fraction of sp³-hybridized carbons (Fsp3) is 0.375. The number of rotatable bonds is 11. The molecule has 0 unspecified atom stereocenters. The number of hydrogen-bond donors (Lipinski definition) is 3. The Hall–Kier alpha value is -4.15. The number of para-hydroxylation sites is 1. The van der Waals surface area contributed by atoms with Crippen molar-refractivity contribution in [2.45, 2.75) is 38.8 Å². The summed E-state index contributed by atoms with van der Waals surface area (Å²) < 4.78 is 15.5. The Morgan fingerprint density at radius 1 is 1.20 bits per heavy atom. The first-order chi connectivity index (χ1) is 16.8. The molecular formula is C24H28N4O7. The van der Waals surface area contributed by atoms with Crippen LogP contribution in [0, 0.1) is 5.92 Å². The number of carbonyl (C=O) groups is 3. The molecule has 0 aliphatic carbocycles. The number of imidazole rings is 1. The third-order valence-electron chi connectivity index (χ3n) is 5.57. The van der Waals surface area contributed by atoms with Gasteiger partial charge < -0.3 is 29.5 Å². The van der Waals surface area contributed by atoms with Gasteiger partial charge in [0.25, 0.3) is 5.91 Å². The smallest absolute Gasteiger partial charge is 0.339 e. The van der Waals surface area contributed by atoms with E-state index in [0.29, 0.717) is 23.1 Å². The van der Waals surface area contributed by atoms with Crippen LogP contribution in [0.4, 0.5) is 0 Å². The Morgan fingerprint density at radius 3 is 2.66 bits per heavy atom. The quantitative estimate of drug-likeness (QED) is 0.272. The zero-order valence-electron chi connectivity index (χ0n) is 19.7. The first-order valence-corrected chi connectivity index (χ1v) is 11.1. The maximum absolute atomic E-state index is 13.1. The molecule has 2 amide bonds. The molecule has 11 nitrogen and oxygen atoms in total. The third-order valence-corrected chi connectivity index (χ3v) is 5.57. The van der Waals surface area contributed by atoms with Gasteiger partial charge in [-0.2, -0.15) is 0 Å². The van der Waals surface area contributed by atoms with E-state index in [0.717, 1.165) is 6.07 Å². The van der Waals surface area contributed by atoms with Crippen molar-refractivity contribution in [2.75, 3.05) is 13.7 Å². The van der Waals surface area contributed by atoms with E-state index in [4.69, 9.17) is 13.9 Å². The number of esters is 1. The summed E-state index contributed by atoms with van der Waals surface area (Å²) in [5.74, 6) is -1.73. The molecule has 11 heteroatoms. The second-order valence-electron chi connectivity index (χ2n) is 8.01. The fourth-order valence-electron chi connectivity index (χ4n) is 3.46. The Labute approximate surface area is 201 Å². The molecule has 3 rings (SSSR count). The second-order valence-corrected chi connectivity index (χ2v) is 8.01. The van der Waals surface area contributed by atoms with Gasteiger partial charge in [-0.15, -0.1) is 0 Å². The number of nitrogens with zero attached hydrogens (tertiary/aromatic N) is 1. The van der Waals surface area contributed by atoms with E-state index in [1.165, 1.54) is 19.6 Å². The van der Waals surface area contributed by atoms with Crippen LogP contribution in [-0.4, -0.2) is 53.6 Å². The lowest BCUT2D eigenvalue weighted by Gasteiger charge is -2.25. The van der Waals surface area contributed by atoms with Crippen molar-refractivity contribution in [3.8, 4) is 5.75 Å². The minimum atomic E-state index is -1.03. The number of H-pyrrole nitrogens is 1. The molecule has 0 fully saturated rings. The molecule has 3 atom stereocenters. The van der Waals surface area contributed by atoms with Gasteiger partial charge in [0.15, 0.2) is 6.61 Å². The fourth-order valence-corrected chi connectivity index (χ4v) is 3.46. The summed E-state index contributed by atoms with van der Waals surface area (Å²) in [4.78, 5) is 56.6. The summed E-state index contributed by atoms with van der Waals surface area (Å²) in [6.45, 7) is 3.26. The van der Waals surface area contributed by atoms with E-state index < -0.39 is 42.1 Å². The van der Waals surface area contributed by atoms with Crippen LogP contribution in [0.25, 0.3) is 11.0 Å². The van der Waals surface area contributed by atoms with Crippen molar-refractivity contribution in [3.63, 3.8) is 0 Å². The number of fused-ring (bicyclic) bond motifs is 1. The summed E-state index contributed by atoms with van der Waals surface area (Å²) in [7, 11) is 1.25. The largest absolute Gasteiger partial charge is 0.483 e. The highest BCUT2D eigenvalue weighted by Crippen LogP contribution is 2.23. The third kappa shape index (κ3) is 6.69. The van der Waals surface area contributed by atoms with Crippen LogP contribution in [-0.2, 0) is 25.5 Å². The number of amides is 2. The molecule has 0 aliphatic heterocycles. The standard InChI is InChI=1S/C24H28N4O7/c1-4-14(2)22(24(32)33-3)28-23(31)17(9-15-11-25-13-26-15)27-20(29)12-34-19-10-21(30)35-18-8-6-5-7-16(18)19/h5-8,10-11,13-14,17,22H,4,9,12H2,1-3H3,(H,25,26)(H,27,29)(H,28,31)/t14-,17-,22-/m0/s1. The number of aromatic nitrogens is 2. The van der Waals surface area contributed by atoms with E-state index in [1.54, 1.807) is 24.3 Å². The molecule has 0 spiro atoms. The Morgan fingerprint density at radius 2 is 1.97 bits per heavy atom. The number of ether oxygens (including phenoxy) is 2. The van der Waals surface area contributed by atoms with Crippen molar-refractivity contribution in [1.82, 2.24) is 20.6 Å². The van der Waals surface area contributed by atoms with Crippen LogP contribution >= 0.6 is 0 Å². The summed E-state index contributed by atoms with van der Waals surface area (Å²) in [5.41, 5.74) is 0.316. The van der Waals surface area contributed by atoms with Crippen molar-refractivity contribution in [1.29, 1.82) is 0 Å². The molecule has 3 aromatic rings. The molecule has 35 heavy (non-hydrogen) atoms. The number of hydrogen-bond acceptors (Lipinski definition) is 8. The molecule has 0 saturated carbocycles. The second kappa shape index (κ2) is 11.8. The Kier molecular flexibility index (Phi) is 8.60. The van der Waals surface area contributed by atoms with Gasteiger partial charge in [0, 0.05) is 18.3 Å². The van der Waals surface area contributed by atoms with Gasteiger partial charge in [-0.1, -0.05) is 32.4 Å².